The summed E-state index contributed by atoms with van der Waals surface area (Å²) >= 11 is 0. The van der Waals surface area contributed by atoms with Crippen molar-refractivity contribution in [1.82, 2.24) is 20.0 Å². The topological polar surface area (TPSA) is 121 Å². The van der Waals surface area contributed by atoms with Crippen LogP contribution in [0.1, 0.15) is 77.6 Å². The first-order valence-electron chi connectivity index (χ1n) is 15.9. The number of esters is 3. The molecule has 1 fully saturated rings. The quantitative estimate of drug-likeness (QED) is 0.0880. The van der Waals surface area contributed by atoms with Crippen LogP contribution in [0.2, 0.25) is 0 Å². The average molecular weight is 587 g/mol. The van der Waals surface area contributed by atoms with Crippen LogP contribution in [0.4, 0.5) is 0 Å². The fourth-order valence-corrected chi connectivity index (χ4v) is 4.40. The normalized spacial score (nSPS) is 14.3. The summed E-state index contributed by atoms with van der Waals surface area (Å²) in [6, 6.07) is 0. The van der Waals surface area contributed by atoms with Crippen LogP contribution < -0.4 is 5.32 Å². The Bertz CT molecular complexity index is 675. The van der Waals surface area contributed by atoms with Crippen LogP contribution in [0.3, 0.4) is 0 Å². The molecule has 0 bridgehead atoms. The van der Waals surface area contributed by atoms with Gasteiger partial charge < -0.3 is 39.3 Å². The molecular formula is C30H58N4O7. The van der Waals surface area contributed by atoms with Gasteiger partial charge in [-0.2, -0.15) is 0 Å². The highest BCUT2D eigenvalue weighted by Crippen LogP contribution is 2.04. The average Bonchev–Trinajstić information content (AvgIpc) is 2.96. The van der Waals surface area contributed by atoms with E-state index in [4.69, 9.17) is 19.3 Å². The van der Waals surface area contributed by atoms with Crippen LogP contribution in [0.5, 0.6) is 0 Å². The molecule has 1 heterocycles. The fourth-order valence-electron chi connectivity index (χ4n) is 4.40. The van der Waals surface area contributed by atoms with Gasteiger partial charge in [0, 0.05) is 52.4 Å². The first-order valence-corrected chi connectivity index (χ1v) is 15.9. The van der Waals surface area contributed by atoms with Crippen molar-refractivity contribution < 1.29 is 33.7 Å². The SMILES string of the molecule is CCCCOC(=O)CCN(CCCCCO)CCC(=O)OCCCCOC(=O)CCNCCCN1CCN(C)CC1. The summed E-state index contributed by atoms with van der Waals surface area (Å²) < 4.78 is 15.8. The van der Waals surface area contributed by atoms with Crippen molar-refractivity contribution in [3.05, 3.63) is 0 Å². The van der Waals surface area contributed by atoms with Gasteiger partial charge in [-0.1, -0.05) is 13.3 Å². The van der Waals surface area contributed by atoms with Gasteiger partial charge in [-0.15, -0.1) is 0 Å². The summed E-state index contributed by atoms with van der Waals surface area (Å²) in [7, 11) is 2.16. The Hall–Kier alpha value is -1.79. The molecule has 0 saturated carbocycles. The lowest BCUT2D eigenvalue weighted by atomic mass is 10.2. The van der Waals surface area contributed by atoms with E-state index in [9.17, 15) is 14.4 Å². The van der Waals surface area contributed by atoms with Gasteiger partial charge in [-0.3, -0.25) is 14.4 Å². The zero-order valence-electron chi connectivity index (χ0n) is 25.9. The number of hydrogen-bond acceptors (Lipinski definition) is 11. The second kappa shape index (κ2) is 25.9. The van der Waals surface area contributed by atoms with E-state index in [1.165, 1.54) is 0 Å². The van der Waals surface area contributed by atoms with Crippen molar-refractivity contribution in [2.24, 2.45) is 0 Å². The Morgan fingerprint density at radius 2 is 1.29 bits per heavy atom. The molecule has 0 amide bonds. The molecule has 11 nitrogen and oxygen atoms in total. The minimum atomic E-state index is -0.272. The van der Waals surface area contributed by atoms with Crippen molar-refractivity contribution in [2.75, 3.05) is 98.9 Å². The second-order valence-corrected chi connectivity index (χ2v) is 10.8. The molecular weight excluding hydrogens is 528 g/mol. The predicted molar refractivity (Wildman–Crippen MR) is 160 cm³/mol. The van der Waals surface area contributed by atoms with E-state index >= 15 is 0 Å². The first-order chi connectivity index (χ1) is 19.9. The number of carbonyl (C=O) groups excluding carboxylic acids is 3. The highest BCUT2D eigenvalue weighted by molar-refractivity contribution is 5.70. The third kappa shape index (κ3) is 22.5. The smallest absolute Gasteiger partial charge is 0.307 e. The Kier molecular flexibility index (Phi) is 23.5. The molecule has 0 aromatic rings. The van der Waals surface area contributed by atoms with E-state index in [1.807, 2.05) is 6.92 Å². The molecule has 0 aliphatic carbocycles. The first kappa shape index (κ1) is 37.2. The molecule has 0 unspecified atom stereocenters. The number of rotatable bonds is 26. The Labute approximate surface area is 248 Å². The molecule has 0 aromatic heterocycles. The molecule has 0 radical (unpaired) electrons. The largest absolute Gasteiger partial charge is 0.466 e. The van der Waals surface area contributed by atoms with Gasteiger partial charge in [-0.05, 0) is 71.6 Å². The number of nitrogens with zero attached hydrogens (tertiary/aromatic N) is 3. The number of hydrogen-bond donors (Lipinski definition) is 2. The molecule has 0 atom stereocenters. The molecule has 2 N–H and O–H groups in total. The lowest BCUT2D eigenvalue weighted by Crippen LogP contribution is -2.45. The Morgan fingerprint density at radius 3 is 1.88 bits per heavy atom. The third-order valence-electron chi connectivity index (χ3n) is 7.15. The maximum absolute atomic E-state index is 12.2. The monoisotopic (exact) mass is 586 g/mol. The van der Waals surface area contributed by atoms with E-state index in [2.05, 4.69) is 27.1 Å². The minimum Gasteiger partial charge on any atom is -0.466 e. The number of likely N-dealkylation sites (N-methyl/N-ethyl adjacent to an activating group) is 1. The molecule has 1 rings (SSSR count). The van der Waals surface area contributed by atoms with E-state index in [0.717, 1.165) is 84.3 Å². The number of nitrogens with one attached hydrogen (secondary N) is 1. The fraction of sp³-hybridized carbons (Fsp3) is 0.900. The number of piperazine rings is 1. The van der Waals surface area contributed by atoms with Crippen molar-refractivity contribution >= 4 is 17.9 Å². The molecule has 11 heteroatoms. The highest BCUT2D eigenvalue weighted by atomic mass is 16.5. The van der Waals surface area contributed by atoms with Gasteiger partial charge in [0.25, 0.3) is 0 Å². The summed E-state index contributed by atoms with van der Waals surface area (Å²) in [5, 5.41) is 12.3. The number of aliphatic hydroxyl groups is 1. The predicted octanol–water partition coefficient (Wildman–Crippen LogP) is 2.06. The molecule has 41 heavy (non-hydrogen) atoms. The standard InChI is InChI=1S/C30H58N4O7/c1-3-4-25-39-29(37)12-18-33(16-6-5-7-24-35)19-13-30(38)41-27-9-8-26-40-28(36)11-15-31-14-10-17-34-22-20-32(2)21-23-34/h31,35H,3-27H2,1-2H3. The molecule has 240 valence electrons. The Balaban J connectivity index is 2.04. The van der Waals surface area contributed by atoms with Crippen LogP contribution >= 0.6 is 0 Å². The minimum absolute atomic E-state index is 0.171. The molecule has 0 aromatic carbocycles. The second-order valence-electron chi connectivity index (χ2n) is 10.8. The van der Waals surface area contributed by atoms with E-state index < -0.39 is 0 Å². The number of ether oxygens (including phenoxy) is 3. The number of carbonyl (C=O) groups is 3. The summed E-state index contributed by atoms with van der Waals surface area (Å²) in [4.78, 5) is 43.0. The van der Waals surface area contributed by atoms with Crippen LogP contribution in [-0.4, -0.2) is 137 Å². The van der Waals surface area contributed by atoms with Crippen LogP contribution in [0.15, 0.2) is 0 Å². The zero-order valence-corrected chi connectivity index (χ0v) is 25.9. The van der Waals surface area contributed by atoms with Gasteiger partial charge in [0.15, 0.2) is 0 Å². The third-order valence-corrected chi connectivity index (χ3v) is 7.15. The molecule has 1 aliphatic rings. The number of unbranched alkanes of at least 4 members (excludes halogenated alkanes) is 4. The molecule has 0 spiro atoms. The Morgan fingerprint density at radius 1 is 0.707 bits per heavy atom. The van der Waals surface area contributed by atoms with Crippen molar-refractivity contribution in [1.29, 1.82) is 0 Å². The molecule has 1 saturated heterocycles. The van der Waals surface area contributed by atoms with Crippen LogP contribution in [0.25, 0.3) is 0 Å². The number of aliphatic hydroxyl groups excluding tert-OH is 1. The van der Waals surface area contributed by atoms with Gasteiger partial charge >= 0.3 is 17.9 Å². The highest BCUT2D eigenvalue weighted by Gasteiger charge is 2.14. The van der Waals surface area contributed by atoms with E-state index in [0.29, 0.717) is 65.1 Å². The summed E-state index contributed by atoms with van der Waals surface area (Å²) in [5.41, 5.74) is 0. The summed E-state index contributed by atoms with van der Waals surface area (Å²) in [6.07, 6.45) is 7.65. The van der Waals surface area contributed by atoms with E-state index in [1.54, 1.807) is 0 Å². The van der Waals surface area contributed by atoms with Gasteiger partial charge in [0.05, 0.1) is 39.1 Å². The van der Waals surface area contributed by atoms with E-state index in [-0.39, 0.29) is 30.9 Å². The lowest BCUT2D eigenvalue weighted by molar-refractivity contribution is -0.146. The zero-order chi connectivity index (χ0) is 30.0. The summed E-state index contributed by atoms with van der Waals surface area (Å²) in [5.74, 6) is -0.691. The van der Waals surface area contributed by atoms with Gasteiger partial charge in [0.1, 0.15) is 0 Å². The maximum atomic E-state index is 12.2. The van der Waals surface area contributed by atoms with Gasteiger partial charge in [0.2, 0.25) is 0 Å². The molecule has 1 aliphatic heterocycles. The van der Waals surface area contributed by atoms with Gasteiger partial charge in [-0.25, -0.2) is 0 Å². The van der Waals surface area contributed by atoms with Crippen molar-refractivity contribution in [2.45, 2.75) is 77.6 Å². The van der Waals surface area contributed by atoms with Crippen LogP contribution in [0, 0.1) is 0 Å². The van der Waals surface area contributed by atoms with Crippen molar-refractivity contribution in [3.63, 3.8) is 0 Å². The van der Waals surface area contributed by atoms with Crippen molar-refractivity contribution in [3.8, 4) is 0 Å². The maximum Gasteiger partial charge on any atom is 0.307 e. The lowest BCUT2D eigenvalue weighted by Gasteiger charge is -2.32. The van der Waals surface area contributed by atoms with Crippen LogP contribution in [-0.2, 0) is 28.6 Å². The summed E-state index contributed by atoms with van der Waals surface area (Å²) in [6.45, 7) is 12.2.